The summed E-state index contributed by atoms with van der Waals surface area (Å²) in [7, 11) is 0. The number of rotatable bonds is 4. The quantitative estimate of drug-likeness (QED) is 0.243. The van der Waals surface area contributed by atoms with Gasteiger partial charge in [0.2, 0.25) is 0 Å². The Bertz CT molecular complexity index is 380. The summed E-state index contributed by atoms with van der Waals surface area (Å²) in [6.45, 7) is -1.34. The predicted molar refractivity (Wildman–Crippen MR) is 68.6 cm³/mol. The van der Waals surface area contributed by atoms with E-state index in [-0.39, 0.29) is 0 Å². The fourth-order valence-electron chi connectivity index (χ4n) is 2.56. The number of hydrogen-bond donors (Lipinski definition) is 8. The van der Waals surface area contributed by atoms with Crippen LogP contribution in [0.4, 0.5) is 0 Å². The van der Waals surface area contributed by atoms with Gasteiger partial charge in [0.15, 0.2) is 12.6 Å². The average molecular weight is 342 g/mol. The van der Waals surface area contributed by atoms with Crippen LogP contribution in [0.1, 0.15) is 0 Å². The highest BCUT2D eigenvalue weighted by Gasteiger charge is 2.50. The molecule has 10 atom stereocenters. The Morgan fingerprint density at radius 3 is 1.78 bits per heavy atom. The maximum atomic E-state index is 10.00. The van der Waals surface area contributed by atoms with Gasteiger partial charge in [0.05, 0.1) is 13.2 Å². The van der Waals surface area contributed by atoms with Gasteiger partial charge in [0.25, 0.3) is 0 Å². The maximum absolute atomic E-state index is 10.00. The minimum Gasteiger partial charge on any atom is -0.394 e. The minimum atomic E-state index is -1.76. The molecule has 2 aliphatic heterocycles. The Morgan fingerprint density at radius 2 is 1.22 bits per heavy atom. The standard InChI is InChI=1S/C12H22O11/c13-1-3-5(15)7(17)8(18)12(22-3)23-10-6(16)4(2-14)21-11(20)9(10)19/h3-20H,1-2H2/t3-,4+,5-,6+,7-,8-,9+,10-,11+,12-/m0/s1. The fraction of sp³-hybridized carbons (Fsp3) is 1.00. The van der Waals surface area contributed by atoms with Gasteiger partial charge in [-0.3, -0.25) is 0 Å². The highest BCUT2D eigenvalue weighted by atomic mass is 16.7. The van der Waals surface area contributed by atoms with Crippen LogP contribution in [0.15, 0.2) is 0 Å². The van der Waals surface area contributed by atoms with Crippen molar-refractivity contribution in [2.24, 2.45) is 0 Å². The van der Waals surface area contributed by atoms with Crippen molar-refractivity contribution >= 4 is 0 Å². The Hall–Kier alpha value is -0.440. The number of ether oxygens (including phenoxy) is 3. The second-order valence-corrected chi connectivity index (χ2v) is 5.53. The monoisotopic (exact) mass is 342 g/mol. The van der Waals surface area contributed by atoms with Gasteiger partial charge < -0.3 is 55.1 Å². The van der Waals surface area contributed by atoms with E-state index in [0.717, 1.165) is 0 Å². The second kappa shape index (κ2) is 7.63. The van der Waals surface area contributed by atoms with Gasteiger partial charge in [0, 0.05) is 0 Å². The summed E-state index contributed by atoms with van der Waals surface area (Å²) >= 11 is 0. The van der Waals surface area contributed by atoms with Crippen LogP contribution in [-0.2, 0) is 14.2 Å². The van der Waals surface area contributed by atoms with Gasteiger partial charge >= 0.3 is 0 Å². The molecule has 0 saturated carbocycles. The normalized spacial score (nSPS) is 51.7. The largest absolute Gasteiger partial charge is 0.394 e. The SMILES string of the molecule is OC[C@@H]1O[C@@H](O[C@@H]2[C@@H](O)[C@H](O)O[C@H](CO)[C@H]2O)[C@@H](O)[C@@H](O)[C@H]1O. The third-order valence-corrected chi connectivity index (χ3v) is 3.98. The molecule has 11 heteroatoms. The first kappa shape index (κ1) is 18.9. The van der Waals surface area contributed by atoms with Crippen LogP contribution in [-0.4, -0.2) is 115 Å². The smallest absolute Gasteiger partial charge is 0.187 e. The molecule has 2 aliphatic rings. The predicted octanol–water partition coefficient (Wildman–Crippen LogP) is -5.40. The Labute approximate surface area is 130 Å². The number of hydrogen-bond acceptors (Lipinski definition) is 11. The summed E-state index contributed by atoms with van der Waals surface area (Å²) < 4.78 is 15.1. The lowest BCUT2D eigenvalue weighted by Crippen LogP contribution is -2.64. The lowest BCUT2D eigenvalue weighted by molar-refractivity contribution is -0.355. The third-order valence-electron chi connectivity index (χ3n) is 3.98. The molecule has 0 radical (unpaired) electrons. The lowest BCUT2D eigenvalue weighted by atomic mass is 9.97. The zero-order valence-electron chi connectivity index (χ0n) is 12.0. The van der Waals surface area contributed by atoms with Crippen LogP contribution < -0.4 is 0 Å². The minimum absolute atomic E-state index is 0.667. The van der Waals surface area contributed by atoms with E-state index >= 15 is 0 Å². The Kier molecular flexibility index (Phi) is 6.27. The summed E-state index contributed by atoms with van der Waals surface area (Å²) in [5, 5.41) is 76.8. The molecule has 0 aromatic heterocycles. The molecule has 0 aromatic rings. The Balaban J connectivity index is 2.11. The molecule has 136 valence electrons. The van der Waals surface area contributed by atoms with E-state index < -0.39 is 74.6 Å². The molecule has 0 aromatic carbocycles. The van der Waals surface area contributed by atoms with Crippen LogP contribution >= 0.6 is 0 Å². The summed E-state index contributed by atoms with van der Waals surface area (Å²) in [6, 6.07) is 0. The molecule has 2 heterocycles. The van der Waals surface area contributed by atoms with E-state index in [1.807, 2.05) is 0 Å². The summed E-state index contributed by atoms with van der Waals surface area (Å²) in [6.07, 6.45) is -15.7. The fourth-order valence-corrected chi connectivity index (χ4v) is 2.56. The van der Waals surface area contributed by atoms with Crippen molar-refractivity contribution in [3.8, 4) is 0 Å². The highest BCUT2D eigenvalue weighted by molar-refractivity contribution is 4.93. The van der Waals surface area contributed by atoms with E-state index in [9.17, 15) is 30.6 Å². The molecule has 0 spiro atoms. The molecule has 2 fully saturated rings. The van der Waals surface area contributed by atoms with Crippen molar-refractivity contribution in [3.05, 3.63) is 0 Å². The average Bonchev–Trinajstić information content (AvgIpc) is 2.54. The first-order valence-electron chi connectivity index (χ1n) is 7.08. The van der Waals surface area contributed by atoms with Gasteiger partial charge in [-0.15, -0.1) is 0 Å². The van der Waals surface area contributed by atoms with Crippen LogP contribution in [0.3, 0.4) is 0 Å². The first-order chi connectivity index (χ1) is 10.8. The molecule has 8 N–H and O–H groups in total. The molecule has 0 bridgehead atoms. The zero-order valence-corrected chi connectivity index (χ0v) is 12.0. The van der Waals surface area contributed by atoms with E-state index in [1.54, 1.807) is 0 Å². The van der Waals surface area contributed by atoms with E-state index in [0.29, 0.717) is 0 Å². The second-order valence-electron chi connectivity index (χ2n) is 5.53. The van der Waals surface area contributed by atoms with E-state index in [2.05, 4.69) is 0 Å². The van der Waals surface area contributed by atoms with Crippen LogP contribution in [0, 0.1) is 0 Å². The topological polar surface area (TPSA) is 190 Å². The van der Waals surface area contributed by atoms with Gasteiger partial charge in [0.1, 0.15) is 48.8 Å². The maximum Gasteiger partial charge on any atom is 0.187 e. The van der Waals surface area contributed by atoms with Gasteiger partial charge in [-0.2, -0.15) is 0 Å². The molecule has 23 heavy (non-hydrogen) atoms. The third kappa shape index (κ3) is 3.65. The van der Waals surface area contributed by atoms with Gasteiger partial charge in [-0.25, -0.2) is 0 Å². The molecule has 0 unspecified atom stereocenters. The number of aliphatic hydroxyl groups is 8. The van der Waals surface area contributed by atoms with Crippen LogP contribution in [0.2, 0.25) is 0 Å². The number of aliphatic hydroxyl groups excluding tert-OH is 8. The summed E-state index contributed by atoms with van der Waals surface area (Å²) in [4.78, 5) is 0. The first-order valence-corrected chi connectivity index (χ1v) is 7.08. The molecular formula is C12H22O11. The van der Waals surface area contributed by atoms with Crippen molar-refractivity contribution in [1.82, 2.24) is 0 Å². The highest BCUT2D eigenvalue weighted by Crippen LogP contribution is 2.28. The van der Waals surface area contributed by atoms with Crippen molar-refractivity contribution < 1.29 is 55.1 Å². The van der Waals surface area contributed by atoms with Crippen molar-refractivity contribution in [1.29, 1.82) is 0 Å². The van der Waals surface area contributed by atoms with Crippen molar-refractivity contribution in [2.75, 3.05) is 13.2 Å². The van der Waals surface area contributed by atoms with Crippen LogP contribution in [0.5, 0.6) is 0 Å². The summed E-state index contributed by atoms with van der Waals surface area (Å²) in [5.74, 6) is 0. The molecule has 0 amide bonds. The van der Waals surface area contributed by atoms with E-state index in [4.69, 9.17) is 24.4 Å². The zero-order chi connectivity index (χ0) is 17.3. The Morgan fingerprint density at radius 1 is 0.652 bits per heavy atom. The lowest BCUT2D eigenvalue weighted by Gasteiger charge is -2.45. The molecule has 2 rings (SSSR count). The van der Waals surface area contributed by atoms with Crippen molar-refractivity contribution in [2.45, 2.75) is 61.4 Å². The van der Waals surface area contributed by atoms with Gasteiger partial charge in [-0.1, -0.05) is 0 Å². The van der Waals surface area contributed by atoms with E-state index in [1.165, 1.54) is 0 Å². The molecule has 0 aliphatic carbocycles. The summed E-state index contributed by atoms with van der Waals surface area (Å²) in [5.41, 5.74) is 0. The molecule has 2 saturated heterocycles. The van der Waals surface area contributed by atoms with Crippen molar-refractivity contribution in [3.63, 3.8) is 0 Å². The molecule has 11 nitrogen and oxygen atoms in total. The van der Waals surface area contributed by atoms with Gasteiger partial charge in [-0.05, 0) is 0 Å². The molecular weight excluding hydrogens is 320 g/mol. The van der Waals surface area contributed by atoms with Crippen LogP contribution in [0.25, 0.3) is 0 Å².